The van der Waals surface area contributed by atoms with Gasteiger partial charge in [-0.3, -0.25) is 9.78 Å². The first kappa shape index (κ1) is 10.7. The fraction of sp³-hybridized carbons (Fsp3) is 0.0714. The van der Waals surface area contributed by atoms with Crippen molar-refractivity contribution in [2.75, 3.05) is 0 Å². The molecule has 0 bridgehead atoms. The van der Waals surface area contributed by atoms with Gasteiger partial charge in [0.15, 0.2) is 0 Å². The van der Waals surface area contributed by atoms with Crippen molar-refractivity contribution >= 4 is 28.3 Å². The average Bonchev–Trinajstić information content (AvgIpc) is 2.37. The van der Waals surface area contributed by atoms with Crippen LogP contribution in [0.5, 0.6) is 5.88 Å². The van der Waals surface area contributed by atoms with Crippen LogP contribution >= 0.6 is 0 Å². The van der Waals surface area contributed by atoms with E-state index in [1.807, 2.05) is 37.3 Å². The number of ether oxygens (including phenoxy) is 1. The molecule has 0 fully saturated rings. The Bertz CT molecular complexity index is 753. The van der Waals surface area contributed by atoms with Gasteiger partial charge in [-0.1, -0.05) is 6.07 Å². The molecule has 4 nitrogen and oxygen atoms in total. The molecule has 2 heterocycles. The zero-order valence-corrected chi connectivity index (χ0v) is 9.75. The minimum absolute atomic E-state index is 0.303. The van der Waals surface area contributed by atoms with Crippen LogP contribution in [0.1, 0.15) is 5.69 Å². The molecule has 0 radical (unpaired) electrons. The highest BCUT2D eigenvalue weighted by atomic mass is 16.5. The second-order valence-corrected chi connectivity index (χ2v) is 4.05. The summed E-state index contributed by atoms with van der Waals surface area (Å²) in [5, 5.41) is 1.99. The summed E-state index contributed by atoms with van der Waals surface area (Å²) >= 11 is 0. The molecule has 1 aromatic carbocycles. The molecule has 18 heavy (non-hydrogen) atoms. The Morgan fingerprint density at radius 1 is 1.00 bits per heavy atom. The van der Waals surface area contributed by atoms with E-state index in [9.17, 15) is 4.79 Å². The smallest absolute Gasteiger partial charge is 0.299 e. The molecule has 0 amide bonds. The number of carbonyl (C=O) groups excluding carboxylic acids is 1. The van der Waals surface area contributed by atoms with E-state index < -0.39 is 0 Å². The fourth-order valence-corrected chi connectivity index (χ4v) is 1.94. The molecule has 3 rings (SSSR count). The third kappa shape index (κ3) is 1.78. The number of carbonyl (C=O) groups is 1. The van der Waals surface area contributed by atoms with Gasteiger partial charge in [0.05, 0.1) is 11.0 Å². The molecule has 0 saturated carbocycles. The highest BCUT2D eigenvalue weighted by molar-refractivity contribution is 5.94. The number of aromatic nitrogens is 2. The quantitative estimate of drug-likeness (QED) is 0.508. The fourth-order valence-electron chi connectivity index (χ4n) is 1.94. The van der Waals surface area contributed by atoms with Crippen LogP contribution < -0.4 is 4.74 Å². The zero-order valence-electron chi connectivity index (χ0n) is 9.75. The van der Waals surface area contributed by atoms with Crippen LogP contribution in [0.25, 0.3) is 21.8 Å². The monoisotopic (exact) mass is 238 g/mol. The van der Waals surface area contributed by atoms with Crippen molar-refractivity contribution in [3.63, 3.8) is 0 Å². The maximum atomic E-state index is 10.3. The SMILES string of the molecule is Cc1ccc2cc3nc(OC=O)ccc3cc2n1. The van der Waals surface area contributed by atoms with Gasteiger partial charge in [0.2, 0.25) is 5.88 Å². The Balaban J connectivity index is 2.27. The summed E-state index contributed by atoms with van der Waals surface area (Å²) in [7, 11) is 0. The molecule has 0 N–H and O–H groups in total. The Morgan fingerprint density at radius 3 is 2.39 bits per heavy atom. The van der Waals surface area contributed by atoms with Gasteiger partial charge in [-0.15, -0.1) is 0 Å². The summed E-state index contributed by atoms with van der Waals surface area (Å²) in [5.41, 5.74) is 2.71. The number of hydrogen-bond donors (Lipinski definition) is 0. The Morgan fingerprint density at radius 2 is 1.67 bits per heavy atom. The predicted molar refractivity (Wildman–Crippen MR) is 68.5 cm³/mol. The molecule has 0 atom stereocenters. The lowest BCUT2D eigenvalue weighted by Crippen LogP contribution is -1.92. The van der Waals surface area contributed by atoms with Crippen molar-refractivity contribution in [3.8, 4) is 5.88 Å². The van der Waals surface area contributed by atoms with E-state index in [1.54, 1.807) is 6.07 Å². The van der Waals surface area contributed by atoms with Gasteiger partial charge in [-0.05, 0) is 31.2 Å². The first-order valence-electron chi connectivity index (χ1n) is 5.55. The van der Waals surface area contributed by atoms with Crippen LogP contribution in [0.4, 0.5) is 0 Å². The number of hydrogen-bond acceptors (Lipinski definition) is 4. The first-order chi connectivity index (χ1) is 8.76. The van der Waals surface area contributed by atoms with Crippen LogP contribution in [0.3, 0.4) is 0 Å². The molecular formula is C14H10N2O2. The highest BCUT2D eigenvalue weighted by Gasteiger charge is 2.03. The summed E-state index contributed by atoms with van der Waals surface area (Å²) in [6.07, 6.45) is 0. The minimum Gasteiger partial charge on any atom is -0.410 e. The second-order valence-electron chi connectivity index (χ2n) is 4.05. The van der Waals surface area contributed by atoms with Crippen LogP contribution in [-0.4, -0.2) is 16.4 Å². The van der Waals surface area contributed by atoms with Crippen LogP contribution in [0, 0.1) is 6.92 Å². The maximum absolute atomic E-state index is 10.3. The molecular weight excluding hydrogens is 228 g/mol. The molecule has 0 unspecified atom stereocenters. The van der Waals surface area contributed by atoms with E-state index in [-0.39, 0.29) is 0 Å². The van der Waals surface area contributed by atoms with Crippen LogP contribution in [0.15, 0.2) is 36.4 Å². The summed E-state index contributed by atoms with van der Waals surface area (Å²) in [6.45, 7) is 2.34. The third-order valence-electron chi connectivity index (χ3n) is 2.78. The lowest BCUT2D eigenvalue weighted by molar-refractivity contribution is -0.120. The molecule has 0 spiro atoms. The summed E-state index contributed by atoms with van der Waals surface area (Å²) in [4.78, 5) is 19.0. The standard InChI is InChI=1S/C14H10N2O2/c1-9-2-3-10-7-13-11(6-12(10)15-9)4-5-14(16-13)18-8-17/h2-8H,1H3. The first-order valence-corrected chi connectivity index (χ1v) is 5.55. The molecule has 88 valence electrons. The Labute approximate surface area is 103 Å². The second kappa shape index (κ2) is 4.07. The van der Waals surface area contributed by atoms with Crippen LogP contribution in [-0.2, 0) is 4.79 Å². The van der Waals surface area contributed by atoms with Crippen LogP contribution in [0.2, 0.25) is 0 Å². The van der Waals surface area contributed by atoms with E-state index in [4.69, 9.17) is 4.74 Å². The molecule has 0 saturated heterocycles. The van der Waals surface area contributed by atoms with Gasteiger partial charge in [0, 0.05) is 22.5 Å². The van der Waals surface area contributed by atoms with Gasteiger partial charge < -0.3 is 4.74 Å². The number of pyridine rings is 2. The molecule has 0 aliphatic heterocycles. The van der Waals surface area contributed by atoms with E-state index >= 15 is 0 Å². The average molecular weight is 238 g/mol. The normalized spacial score (nSPS) is 10.7. The van der Waals surface area contributed by atoms with Gasteiger partial charge in [0.25, 0.3) is 6.47 Å². The number of aryl methyl sites for hydroxylation is 1. The van der Waals surface area contributed by atoms with Crippen molar-refractivity contribution in [3.05, 3.63) is 42.1 Å². The lowest BCUT2D eigenvalue weighted by Gasteiger charge is -2.03. The van der Waals surface area contributed by atoms with Gasteiger partial charge in [0.1, 0.15) is 0 Å². The van der Waals surface area contributed by atoms with Gasteiger partial charge in [-0.25, -0.2) is 4.98 Å². The molecule has 0 aliphatic rings. The Hall–Kier alpha value is -2.49. The summed E-state index contributed by atoms with van der Waals surface area (Å²) in [5.74, 6) is 0.303. The van der Waals surface area contributed by atoms with E-state index in [2.05, 4.69) is 9.97 Å². The molecule has 4 heteroatoms. The molecule has 0 aliphatic carbocycles. The number of nitrogens with zero attached hydrogens (tertiary/aromatic N) is 2. The van der Waals surface area contributed by atoms with Crippen molar-refractivity contribution in [2.24, 2.45) is 0 Å². The van der Waals surface area contributed by atoms with Crippen molar-refractivity contribution in [1.82, 2.24) is 9.97 Å². The zero-order chi connectivity index (χ0) is 12.5. The van der Waals surface area contributed by atoms with Crippen molar-refractivity contribution in [2.45, 2.75) is 6.92 Å². The Kier molecular flexibility index (Phi) is 2.41. The maximum Gasteiger partial charge on any atom is 0.299 e. The van der Waals surface area contributed by atoms with Gasteiger partial charge in [-0.2, -0.15) is 0 Å². The number of benzene rings is 1. The minimum atomic E-state index is 0.303. The topological polar surface area (TPSA) is 52.1 Å². The third-order valence-corrected chi connectivity index (χ3v) is 2.78. The van der Waals surface area contributed by atoms with Gasteiger partial charge >= 0.3 is 0 Å². The number of rotatable bonds is 2. The van der Waals surface area contributed by atoms with E-state index in [1.165, 1.54) is 0 Å². The summed E-state index contributed by atoms with van der Waals surface area (Å²) < 4.78 is 4.74. The van der Waals surface area contributed by atoms with E-state index in [0.29, 0.717) is 12.4 Å². The number of fused-ring (bicyclic) bond motifs is 2. The van der Waals surface area contributed by atoms with E-state index in [0.717, 1.165) is 27.5 Å². The largest absolute Gasteiger partial charge is 0.410 e. The lowest BCUT2D eigenvalue weighted by atomic mass is 10.1. The summed E-state index contributed by atoms with van der Waals surface area (Å²) in [6, 6.07) is 11.4. The molecule has 2 aromatic heterocycles. The highest BCUT2D eigenvalue weighted by Crippen LogP contribution is 2.22. The van der Waals surface area contributed by atoms with Crippen molar-refractivity contribution < 1.29 is 9.53 Å². The van der Waals surface area contributed by atoms with Crippen molar-refractivity contribution in [1.29, 1.82) is 0 Å². The molecule has 3 aromatic rings. The predicted octanol–water partition coefficient (Wildman–Crippen LogP) is 2.63.